The lowest BCUT2D eigenvalue weighted by Crippen LogP contribution is -2.33. The topological polar surface area (TPSA) is 68.3 Å². The lowest BCUT2D eigenvalue weighted by Gasteiger charge is -2.19. The van der Waals surface area contributed by atoms with Crippen LogP contribution in [0.3, 0.4) is 0 Å². The van der Waals surface area contributed by atoms with Crippen molar-refractivity contribution >= 4 is 38.7 Å². The normalized spacial score (nSPS) is 12.3. The quantitative estimate of drug-likeness (QED) is 0.236. The number of hydrogen-bond acceptors (Lipinski definition) is 4. The smallest absolute Gasteiger partial charge is 0.416 e. The number of hydrogen-bond donors (Lipinski definition) is 1. The molecule has 0 fully saturated rings. The highest BCUT2D eigenvalue weighted by Crippen LogP contribution is 2.33. The minimum Gasteiger partial charge on any atom is -0.465 e. The Morgan fingerprint density at radius 1 is 1.03 bits per heavy atom. The highest BCUT2D eigenvalue weighted by atomic mass is 79.9. The minimum absolute atomic E-state index is 0.0464. The van der Waals surface area contributed by atoms with Gasteiger partial charge in [-0.05, 0) is 49.2 Å². The summed E-state index contributed by atoms with van der Waals surface area (Å²) in [6, 6.07) is 19.3. The van der Waals surface area contributed by atoms with Crippen LogP contribution in [0.5, 0.6) is 0 Å². The second kappa shape index (κ2) is 11.3. The van der Waals surface area contributed by atoms with Crippen LogP contribution in [-0.2, 0) is 15.7 Å². The summed E-state index contributed by atoms with van der Waals surface area (Å²) in [5.74, 6) is -2.34. The van der Waals surface area contributed by atoms with Crippen molar-refractivity contribution in [3.8, 4) is 11.3 Å². The number of nitrogens with zero attached hydrogens (tertiary/aromatic N) is 1. The van der Waals surface area contributed by atoms with Gasteiger partial charge in [0, 0.05) is 22.0 Å². The molecular formula is C29H24BrF3N2O3. The second-order valence-electron chi connectivity index (χ2n) is 8.63. The van der Waals surface area contributed by atoms with Crippen molar-refractivity contribution in [1.29, 1.82) is 0 Å². The standard InChI is InChI=1S/C29H24BrF3N2O3/c1-3-38-28(37)23(19-10-7-11-20(14-19)29(31,32)33)16-34-27(36)25-17(2)26(18-8-5-4-6-9-18)35-24-13-12-21(30)15-22(24)25/h4-15,23H,3,16H2,1-2H3,(H,34,36). The van der Waals surface area contributed by atoms with Gasteiger partial charge >= 0.3 is 12.1 Å². The number of aromatic nitrogens is 1. The Morgan fingerprint density at radius 2 is 1.76 bits per heavy atom. The van der Waals surface area contributed by atoms with E-state index in [0.29, 0.717) is 27.7 Å². The average Bonchev–Trinajstić information content (AvgIpc) is 2.88. The summed E-state index contributed by atoms with van der Waals surface area (Å²) in [5.41, 5.74) is 2.27. The fourth-order valence-corrected chi connectivity index (χ4v) is 4.66. The summed E-state index contributed by atoms with van der Waals surface area (Å²) in [4.78, 5) is 31.2. The van der Waals surface area contributed by atoms with Crippen LogP contribution in [0.25, 0.3) is 22.2 Å². The van der Waals surface area contributed by atoms with Crippen molar-refractivity contribution < 1.29 is 27.5 Å². The van der Waals surface area contributed by atoms with Crippen molar-refractivity contribution in [3.05, 3.63) is 99.5 Å². The summed E-state index contributed by atoms with van der Waals surface area (Å²) < 4.78 is 45.8. The molecule has 196 valence electrons. The molecule has 0 saturated heterocycles. The Morgan fingerprint density at radius 3 is 2.45 bits per heavy atom. The van der Waals surface area contributed by atoms with Crippen molar-refractivity contribution in [3.63, 3.8) is 0 Å². The van der Waals surface area contributed by atoms with Crippen LogP contribution < -0.4 is 5.32 Å². The van der Waals surface area contributed by atoms with E-state index in [1.54, 1.807) is 26.0 Å². The van der Waals surface area contributed by atoms with Gasteiger partial charge in [-0.2, -0.15) is 13.2 Å². The predicted molar refractivity (Wildman–Crippen MR) is 143 cm³/mol. The monoisotopic (exact) mass is 584 g/mol. The van der Waals surface area contributed by atoms with Crippen LogP contribution in [0.2, 0.25) is 0 Å². The van der Waals surface area contributed by atoms with E-state index < -0.39 is 29.5 Å². The molecule has 0 bridgehead atoms. The van der Waals surface area contributed by atoms with E-state index in [1.807, 2.05) is 36.4 Å². The van der Waals surface area contributed by atoms with Crippen molar-refractivity contribution in [2.75, 3.05) is 13.2 Å². The SMILES string of the molecule is CCOC(=O)C(CNC(=O)c1c(C)c(-c2ccccc2)nc2ccc(Br)cc12)c1cccc(C(F)(F)F)c1. The molecule has 0 aliphatic rings. The molecule has 1 unspecified atom stereocenters. The molecule has 0 aliphatic heterocycles. The maximum atomic E-state index is 13.6. The van der Waals surface area contributed by atoms with Crippen LogP contribution in [0.1, 0.15) is 39.9 Å². The number of alkyl halides is 3. The Balaban J connectivity index is 1.73. The zero-order valence-electron chi connectivity index (χ0n) is 20.6. The van der Waals surface area contributed by atoms with E-state index in [2.05, 4.69) is 21.2 Å². The summed E-state index contributed by atoms with van der Waals surface area (Å²) in [6.07, 6.45) is -4.58. The molecule has 0 radical (unpaired) electrons. The summed E-state index contributed by atoms with van der Waals surface area (Å²) in [5, 5.41) is 3.36. The van der Waals surface area contributed by atoms with Gasteiger partial charge in [-0.25, -0.2) is 4.98 Å². The van der Waals surface area contributed by atoms with Crippen LogP contribution >= 0.6 is 15.9 Å². The number of halogens is 4. The number of rotatable bonds is 7. The molecule has 3 aromatic carbocycles. The van der Waals surface area contributed by atoms with Gasteiger partial charge in [0.05, 0.1) is 34.9 Å². The first-order valence-corrected chi connectivity index (χ1v) is 12.7. The molecular weight excluding hydrogens is 561 g/mol. The van der Waals surface area contributed by atoms with Crippen LogP contribution in [-0.4, -0.2) is 30.0 Å². The Bertz CT molecular complexity index is 1490. The Kier molecular flexibility index (Phi) is 8.16. The maximum absolute atomic E-state index is 13.6. The highest BCUT2D eigenvalue weighted by Gasteiger charge is 2.32. The van der Waals surface area contributed by atoms with Gasteiger partial charge in [0.1, 0.15) is 0 Å². The third kappa shape index (κ3) is 5.88. The zero-order chi connectivity index (χ0) is 27.4. The number of amides is 1. The minimum atomic E-state index is -4.58. The largest absolute Gasteiger partial charge is 0.465 e. The van der Waals surface area contributed by atoms with Gasteiger partial charge in [0.15, 0.2) is 0 Å². The molecule has 5 nitrogen and oxygen atoms in total. The van der Waals surface area contributed by atoms with Gasteiger partial charge in [0.2, 0.25) is 0 Å². The lowest BCUT2D eigenvalue weighted by molar-refractivity contribution is -0.145. The van der Waals surface area contributed by atoms with E-state index >= 15 is 0 Å². The van der Waals surface area contributed by atoms with Gasteiger partial charge in [-0.1, -0.05) is 64.5 Å². The van der Waals surface area contributed by atoms with E-state index in [9.17, 15) is 22.8 Å². The van der Waals surface area contributed by atoms with Gasteiger partial charge in [-0.3, -0.25) is 9.59 Å². The third-order valence-corrected chi connectivity index (χ3v) is 6.61. The fourth-order valence-electron chi connectivity index (χ4n) is 4.30. The summed E-state index contributed by atoms with van der Waals surface area (Å²) in [6.45, 7) is 3.19. The van der Waals surface area contributed by atoms with E-state index in [1.165, 1.54) is 12.1 Å². The zero-order valence-corrected chi connectivity index (χ0v) is 22.2. The predicted octanol–water partition coefficient (Wildman–Crippen LogP) is 7.07. The molecule has 1 N–H and O–H groups in total. The highest BCUT2D eigenvalue weighted by molar-refractivity contribution is 9.10. The van der Waals surface area contributed by atoms with Gasteiger partial charge in [0.25, 0.3) is 5.91 Å². The van der Waals surface area contributed by atoms with Gasteiger partial charge < -0.3 is 10.1 Å². The van der Waals surface area contributed by atoms with Crippen LogP contribution in [0, 0.1) is 6.92 Å². The maximum Gasteiger partial charge on any atom is 0.416 e. The fraction of sp³-hybridized carbons (Fsp3) is 0.207. The molecule has 9 heteroatoms. The van der Waals surface area contributed by atoms with E-state index in [4.69, 9.17) is 9.72 Å². The van der Waals surface area contributed by atoms with Crippen LogP contribution in [0.15, 0.2) is 77.3 Å². The number of ether oxygens (including phenoxy) is 1. The number of benzene rings is 3. The van der Waals surface area contributed by atoms with Crippen LogP contribution in [0.4, 0.5) is 13.2 Å². The molecule has 38 heavy (non-hydrogen) atoms. The number of pyridine rings is 1. The average molecular weight is 585 g/mol. The molecule has 1 atom stereocenters. The molecule has 4 rings (SSSR count). The molecule has 1 heterocycles. The first-order valence-electron chi connectivity index (χ1n) is 11.9. The number of nitrogens with one attached hydrogen (secondary N) is 1. The third-order valence-electron chi connectivity index (χ3n) is 6.12. The Labute approximate surface area is 226 Å². The van der Waals surface area contributed by atoms with E-state index in [-0.39, 0.29) is 18.7 Å². The molecule has 0 saturated carbocycles. The lowest BCUT2D eigenvalue weighted by atomic mass is 9.95. The number of carbonyl (C=O) groups is 2. The van der Waals surface area contributed by atoms with Crippen molar-refractivity contribution in [1.82, 2.24) is 10.3 Å². The number of fused-ring (bicyclic) bond motifs is 1. The second-order valence-corrected chi connectivity index (χ2v) is 9.54. The van der Waals surface area contributed by atoms with Crippen molar-refractivity contribution in [2.45, 2.75) is 25.9 Å². The first-order chi connectivity index (χ1) is 18.1. The molecule has 1 amide bonds. The number of esters is 1. The van der Waals surface area contributed by atoms with E-state index in [0.717, 1.165) is 22.2 Å². The summed E-state index contributed by atoms with van der Waals surface area (Å²) in [7, 11) is 0. The van der Waals surface area contributed by atoms with Crippen molar-refractivity contribution in [2.24, 2.45) is 0 Å². The first kappa shape index (κ1) is 27.3. The summed E-state index contributed by atoms with van der Waals surface area (Å²) >= 11 is 3.44. The Hall–Kier alpha value is -3.72. The molecule has 0 spiro atoms. The number of carbonyl (C=O) groups excluding carboxylic acids is 2. The molecule has 1 aromatic heterocycles. The van der Waals surface area contributed by atoms with Gasteiger partial charge in [-0.15, -0.1) is 0 Å². The molecule has 4 aromatic rings. The molecule has 0 aliphatic carbocycles.